The summed E-state index contributed by atoms with van der Waals surface area (Å²) in [6.07, 6.45) is 0. The highest BCUT2D eigenvalue weighted by Gasteiger charge is 2.20. The highest BCUT2D eigenvalue weighted by molar-refractivity contribution is 7.25. The predicted octanol–water partition coefficient (Wildman–Crippen LogP) is 12.9. The Morgan fingerprint density at radius 3 is 1.91 bits per heavy atom. The molecule has 0 bridgehead atoms. The van der Waals surface area contributed by atoms with E-state index in [1.807, 2.05) is 23.5 Å². The second kappa shape index (κ2) is 9.43. The number of hydrogen-bond acceptors (Lipinski definition) is 3. The summed E-state index contributed by atoms with van der Waals surface area (Å²) in [4.78, 5) is 2.42. The lowest BCUT2D eigenvalue weighted by molar-refractivity contribution is 0.669. The van der Waals surface area contributed by atoms with Gasteiger partial charge in [0.2, 0.25) is 0 Å². The summed E-state index contributed by atoms with van der Waals surface area (Å²) in [6, 6.07) is 55.0. The zero-order chi connectivity index (χ0) is 29.5. The third kappa shape index (κ3) is 3.68. The van der Waals surface area contributed by atoms with Crippen molar-refractivity contribution >= 4 is 103 Å². The number of hydrogen-bond donors (Lipinski definition) is 0. The van der Waals surface area contributed by atoms with Crippen LogP contribution in [0.3, 0.4) is 0 Å². The van der Waals surface area contributed by atoms with Crippen LogP contribution in [0.1, 0.15) is 0 Å². The van der Waals surface area contributed by atoms with E-state index in [4.69, 9.17) is 4.42 Å². The molecular weight excluding hydrogens is 567 g/mol. The number of benzene rings is 8. The monoisotopic (exact) mass is 591 g/mol. The van der Waals surface area contributed by atoms with Gasteiger partial charge in [-0.25, -0.2) is 0 Å². The minimum absolute atomic E-state index is 0.885. The Hall–Kier alpha value is -5.64. The van der Waals surface area contributed by atoms with E-state index >= 15 is 0 Å². The minimum Gasteiger partial charge on any atom is -0.456 e. The van der Waals surface area contributed by atoms with Crippen molar-refractivity contribution < 1.29 is 4.42 Å². The van der Waals surface area contributed by atoms with Gasteiger partial charge in [0.15, 0.2) is 0 Å². The van der Waals surface area contributed by atoms with Crippen molar-refractivity contribution in [3.8, 4) is 0 Å². The van der Waals surface area contributed by atoms with Crippen molar-refractivity contribution in [2.45, 2.75) is 0 Å². The summed E-state index contributed by atoms with van der Waals surface area (Å²) in [5.41, 5.74) is 5.11. The molecule has 10 rings (SSSR count). The van der Waals surface area contributed by atoms with E-state index in [1.54, 1.807) is 0 Å². The van der Waals surface area contributed by atoms with Crippen LogP contribution >= 0.6 is 11.3 Å². The quantitative estimate of drug-likeness (QED) is 0.190. The molecule has 0 aliphatic rings. The topological polar surface area (TPSA) is 16.4 Å². The molecule has 2 nitrogen and oxygen atoms in total. The van der Waals surface area contributed by atoms with Gasteiger partial charge in [-0.15, -0.1) is 11.3 Å². The summed E-state index contributed by atoms with van der Waals surface area (Å²) < 4.78 is 9.02. The van der Waals surface area contributed by atoms with Crippen molar-refractivity contribution in [3.63, 3.8) is 0 Å². The molecule has 8 aromatic carbocycles. The van der Waals surface area contributed by atoms with Gasteiger partial charge in [0.25, 0.3) is 0 Å². The van der Waals surface area contributed by atoms with Gasteiger partial charge in [-0.1, -0.05) is 97.1 Å². The van der Waals surface area contributed by atoms with Crippen LogP contribution in [0.25, 0.3) is 74.4 Å². The SMILES string of the molecule is c1ccc2c(c1)ccc1c3ccccc3c(N(c3ccc4c(c3)oc3ccccc34)c3ccc4sc5ccccc5c4c3)cc21. The first-order chi connectivity index (χ1) is 22.3. The van der Waals surface area contributed by atoms with Crippen molar-refractivity contribution in [2.24, 2.45) is 0 Å². The lowest BCUT2D eigenvalue weighted by Gasteiger charge is -2.28. The first-order valence-corrected chi connectivity index (χ1v) is 16.1. The van der Waals surface area contributed by atoms with Gasteiger partial charge in [-0.3, -0.25) is 0 Å². The van der Waals surface area contributed by atoms with E-state index in [-0.39, 0.29) is 0 Å². The first kappa shape index (κ1) is 24.8. The summed E-state index contributed by atoms with van der Waals surface area (Å²) >= 11 is 1.85. The Balaban J connectivity index is 1.32. The third-order valence-electron chi connectivity index (χ3n) is 9.22. The molecular formula is C42H25NOS. The molecule has 0 radical (unpaired) electrons. The van der Waals surface area contributed by atoms with Gasteiger partial charge in [0, 0.05) is 53.8 Å². The zero-order valence-electron chi connectivity index (χ0n) is 24.2. The molecule has 0 atom stereocenters. The number of anilines is 3. The lowest BCUT2D eigenvalue weighted by Crippen LogP contribution is -2.10. The molecule has 0 amide bonds. The van der Waals surface area contributed by atoms with Gasteiger partial charge in [0.1, 0.15) is 11.2 Å². The Kier molecular flexibility index (Phi) is 5.19. The molecule has 3 heteroatoms. The van der Waals surface area contributed by atoms with Crippen molar-refractivity contribution in [3.05, 3.63) is 152 Å². The summed E-state index contributed by atoms with van der Waals surface area (Å²) in [7, 11) is 0. The van der Waals surface area contributed by atoms with E-state index in [9.17, 15) is 0 Å². The maximum Gasteiger partial charge on any atom is 0.137 e. The Morgan fingerprint density at radius 2 is 1.00 bits per heavy atom. The fourth-order valence-corrected chi connectivity index (χ4v) is 8.25. The fraction of sp³-hybridized carbons (Fsp3) is 0. The molecule has 0 N–H and O–H groups in total. The lowest BCUT2D eigenvalue weighted by atomic mass is 9.95. The van der Waals surface area contributed by atoms with Crippen LogP contribution in [0, 0.1) is 0 Å². The van der Waals surface area contributed by atoms with Crippen molar-refractivity contribution in [1.29, 1.82) is 0 Å². The Bertz CT molecular complexity index is 2790. The van der Waals surface area contributed by atoms with Crippen LogP contribution in [0.15, 0.2) is 156 Å². The molecule has 0 aliphatic heterocycles. The number of thiophene rings is 1. The van der Waals surface area contributed by atoms with E-state index < -0.39 is 0 Å². The van der Waals surface area contributed by atoms with Crippen LogP contribution < -0.4 is 4.90 Å². The molecule has 0 saturated heterocycles. The molecule has 45 heavy (non-hydrogen) atoms. The molecule has 0 saturated carbocycles. The van der Waals surface area contributed by atoms with Gasteiger partial charge in [-0.05, 0) is 75.5 Å². The van der Waals surface area contributed by atoms with E-state index in [0.29, 0.717) is 0 Å². The summed E-state index contributed by atoms with van der Waals surface area (Å²) in [5.74, 6) is 0. The van der Waals surface area contributed by atoms with Gasteiger partial charge in [-0.2, -0.15) is 0 Å². The second-order valence-electron chi connectivity index (χ2n) is 11.7. The second-order valence-corrected chi connectivity index (χ2v) is 12.8. The highest BCUT2D eigenvalue weighted by atomic mass is 32.1. The van der Waals surface area contributed by atoms with Gasteiger partial charge < -0.3 is 9.32 Å². The highest BCUT2D eigenvalue weighted by Crippen LogP contribution is 2.46. The van der Waals surface area contributed by atoms with Crippen LogP contribution in [0.2, 0.25) is 0 Å². The van der Waals surface area contributed by atoms with E-state index in [2.05, 4.69) is 144 Å². The average molecular weight is 592 g/mol. The summed E-state index contributed by atoms with van der Waals surface area (Å²) in [6.45, 7) is 0. The summed E-state index contributed by atoms with van der Waals surface area (Å²) in [5, 5.41) is 12.3. The smallest absolute Gasteiger partial charge is 0.137 e. The molecule has 0 aliphatic carbocycles. The molecule has 0 unspecified atom stereocenters. The predicted molar refractivity (Wildman–Crippen MR) is 194 cm³/mol. The van der Waals surface area contributed by atoms with E-state index in [1.165, 1.54) is 52.5 Å². The number of fused-ring (bicyclic) bond motifs is 11. The van der Waals surface area contributed by atoms with Crippen LogP contribution in [-0.4, -0.2) is 0 Å². The molecule has 2 heterocycles. The first-order valence-electron chi connectivity index (χ1n) is 15.3. The van der Waals surface area contributed by atoms with Crippen LogP contribution in [0.5, 0.6) is 0 Å². The maximum atomic E-state index is 6.42. The third-order valence-corrected chi connectivity index (χ3v) is 10.4. The normalized spacial score (nSPS) is 12.0. The molecule has 210 valence electrons. The standard InChI is InChI=1S/C42H25NOS/c1-2-10-29-26(9-1)17-20-31-30-11-3-4-12-32(30)38(25-36(29)31)43(27-19-22-42-37(23-27)35-14-6-8-16-41(35)45-42)28-18-21-34-33-13-5-7-15-39(33)44-40(34)24-28/h1-25H. The maximum absolute atomic E-state index is 6.42. The minimum atomic E-state index is 0.885. The van der Waals surface area contributed by atoms with E-state index in [0.717, 1.165) is 39.0 Å². The number of para-hydroxylation sites is 1. The van der Waals surface area contributed by atoms with Gasteiger partial charge >= 0.3 is 0 Å². The molecule has 2 aromatic heterocycles. The van der Waals surface area contributed by atoms with Crippen molar-refractivity contribution in [1.82, 2.24) is 0 Å². The van der Waals surface area contributed by atoms with Gasteiger partial charge in [0.05, 0.1) is 5.69 Å². The van der Waals surface area contributed by atoms with Crippen molar-refractivity contribution in [2.75, 3.05) is 4.90 Å². The Labute approximate surface area is 263 Å². The molecule has 0 fully saturated rings. The number of rotatable bonds is 3. The zero-order valence-corrected chi connectivity index (χ0v) is 25.0. The number of furan rings is 1. The number of nitrogens with zero attached hydrogens (tertiary/aromatic N) is 1. The van der Waals surface area contributed by atoms with Crippen LogP contribution in [-0.2, 0) is 0 Å². The fourth-order valence-electron chi connectivity index (χ4n) is 7.16. The van der Waals surface area contributed by atoms with Crippen LogP contribution in [0.4, 0.5) is 17.1 Å². The largest absolute Gasteiger partial charge is 0.456 e. The average Bonchev–Trinajstić information content (AvgIpc) is 3.66. The molecule has 10 aromatic rings. The Morgan fingerprint density at radius 1 is 0.378 bits per heavy atom. The molecule has 0 spiro atoms.